The zero-order chi connectivity index (χ0) is 101. The largest absolute Gasteiger partial charge is 0.514 e. The summed E-state index contributed by atoms with van der Waals surface area (Å²) in [5.41, 5.74) is 0.755. The van der Waals surface area contributed by atoms with Crippen LogP contribution < -0.4 is 52.1 Å². The fourth-order valence-electron chi connectivity index (χ4n) is 14.5. The van der Waals surface area contributed by atoms with Gasteiger partial charge in [0.25, 0.3) is 5.92 Å². The van der Waals surface area contributed by atoms with Crippen molar-refractivity contribution in [3.8, 4) is 57.2 Å². The molecule has 0 N–H and O–H groups in total. The molecule has 2 aliphatic carbocycles. The van der Waals surface area contributed by atoms with Gasteiger partial charge < -0.3 is 23.7 Å². The molecule has 0 bridgehead atoms. The van der Waals surface area contributed by atoms with Crippen LogP contribution >= 0.6 is 0 Å². The van der Waals surface area contributed by atoms with Gasteiger partial charge >= 0.3 is 59.3 Å². The molecule has 751 valence electrons. The van der Waals surface area contributed by atoms with Crippen LogP contribution in [-0.2, 0) is 269 Å². The Bertz CT molecular complexity index is 7110. The zero-order valence-electron chi connectivity index (χ0n) is 78.0. The van der Waals surface area contributed by atoms with Crippen LogP contribution in [-0.4, -0.2) is 105 Å². The van der Waals surface area contributed by atoms with Crippen molar-refractivity contribution in [3.63, 3.8) is 0 Å². The van der Waals surface area contributed by atoms with Crippen molar-refractivity contribution < 1.29 is 262 Å². The molecular weight excluding hydrogens is 2320 g/mol. The van der Waals surface area contributed by atoms with Crippen molar-refractivity contribution in [2.75, 3.05) is 0 Å². The molecule has 5 radical (unpaired) electrons. The molecule has 2 fully saturated rings. The van der Waals surface area contributed by atoms with E-state index in [0.29, 0.717) is 57.3 Å². The second-order valence-electron chi connectivity index (χ2n) is 31.7. The van der Waals surface area contributed by atoms with Crippen LogP contribution in [0.2, 0.25) is 0 Å². The normalized spacial score (nSPS) is 13.0. The van der Waals surface area contributed by atoms with E-state index in [1.165, 1.54) is 108 Å². The van der Waals surface area contributed by atoms with E-state index in [1.807, 2.05) is 39.0 Å². The van der Waals surface area contributed by atoms with E-state index in [2.05, 4.69) is 82.5 Å². The summed E-state index contributed by atoms with van der Waals surface area (Å²) in [7, 11) is 7.21. The zero-order valence-corrected chi connectivity index (χ0v) is 92.2. The summed E-state index contributed by atoms with van der Waals surface area (Å²) >= 11 is 0. The van der Waals surface area contributed by atoms with Crippen molar-refractivity contribution >= 4 is 0 Å². The minimum atomic E-state index is -4.68. The van der Waals surface area contributed by atoms with Crippen LogP contribution in [0, 0.1) is 37.3 Å². The van der Waals surface area contributed by atoms with Crippen molar-refractivity contribution in [2.24, 2.45) is 35.2 Å². The molecule has 0 aliphatic heterocycles. The summed E-state index contributed by atoms with van der Waals surface area (Å²) in [5.74, 6) is -5.36. The molecule has 15 aromatic rings. The van der Waals surface area contributed by atoms with E-state index in [1.54, 1.807) is 61.5 Å². The minimum absolute atomic E-state index is 0. The molecule has 52 heteroatoms. The van der Waals surface area contributed by atoms with Gasteiger partial charge in [-0.05, 0) is 176 Å². The second-order valence-corrected chi connectivity index (χ2v) is 31.7. The van der Waals surface area contributed by atoms with Crippen LogP contribution in [0.5, 0.6) is 28.7 Å². The molecule has 0 spiro atoms. The number of hydrogen-bond donors (Lipinski definition) is 0. The van der Waals surface area contributed by atoms with Crippen molar-refractivity contribution in [3.05, 3.63) is 348 Å². The van der Waals surface area contributed by atoms with Crippen LogP contribution in [0.3, 0.4) is 0 Å². The van der Waals surface area contributed by atoms with Gasteiger partial charge in [0.15, 0.2) is 0 Å². The first-order valence-electron chi connectivity index (χ1n) is 42.2. The molecule has 0 saturated heterocycles. The first-order valence-corrected chi connectivity index (χ1v) is 42.2. The number of ether oxygens (including phenoxy) is 5. The summed E-state index contributed by atoms with van der Waals surface area (Å²) in [5, 5.41) is 37.4. The number of alkyl halides is 17. The third kappa shape index (κ3) is 29.3. The van der Waals surface area contributed by atoms with Crippen molar-refractivity contribution in [1.82, 2.24) is 99.0 Å². The minimum Gasteiger partial charge on any atom is -0.514 e. The Kier molecular flexibility index (Phi) is 42.4. The maximum Gasteiger partial charge on any atom is 0.373 e. The van der Waals surface area contributed by atoms with Crippen LogP contribution in [0.25, 0.3) is 28.4 Å². The molecular formula is C93H80F17N20O10Y5-5. The van der Waals surface area contributed by atoms with Gasteiger partial charge in [0.05, 0.1) is 34.4 Å². The third-order valence-electron chi connectivity index (χ3n) is 21.8. The van der Waals surface area contributed by atoms with Gasteiger partial charge in [0, 0.05) is 262 Å². The molecule has 1 atom stereocenters. The van der Waals surface area contributed by atoms with Gasteiger partial charge in [-0.1, -0.05) is 87.9 Å². The molecule has 2 aliphatic rings. The monoisotopic (exact) mass is 2400 g/mol. The van der Waals surface area contributed by atoms with Gasteiger partial charge in [0.1, 0.15) is 33.0 Å². The van der Waals surface area contributed by atoms with Crippen molar-refractivity contribution in [2.45, 2.75) is 147 Å². The Morgan fingerprint density at radius 2 is 0.607 bits per heavy atom. The fraction of sp³-hybridized carbons (Fsp3) is 0.301. The maximum absolute atomic E-state index is 13.8. The van der Waals surface area contributed by atoms with Crippen molar-refractivity contribution in [1.29, 1.82) is 0 Å². The molecule has 30 nitrogen and oxygen atoms in total. The fourth-order valence-corrected chi connectivity index (χ4v) is 14.5. The van der Waals surface area contributed by atoms with Crippen LogP contribution in [0.15, 0.2) is 206 Å². The van der Waals surface area contributed by atoms with E-state index >= 15 is 0 Å². The summed E-state index contributed by atoms with van der Waals surface area (Å²) in [6.45, 7) is 6.56. The van der Waals surface area contributed by atoms with Gasteiger partial charge in [-0.3, -0.25) is 0 Å². The average Bonchev–Trinajstić information content (AvgIpc) is 1.58. The summed E-state index contributed by atoms with van der Waals surface area (Å²) < 4.78 is 263. The Morgan fingerprint density at radius 1 is 0.352 bits per heavy atom. The average molecular weight is 2410 g/mol. The molecule has 0 amide bonds. The van der Waals surface area contributed by atoms with Gasteiger partial charge in [-0.2, -0.15) is 204 Å². The van der Waals surface area contributed by atoms with Crippen LogP contribution in [0.4, 0.5) is 74.6 Å². The number of rotatable bonds is 25. The van der Waals surface area contributed by atoms with E-state index in [9.17, 15) is 98.6 Å². The number of nitrogens with zero attached hydrogens (tertiary/aromatic N) is 20. The summed E-state index contributed by atoms with van der Waals surface area (Å²) in [4.78, 5) is 61.2. The molecule has 10 aromatic carbocycles. The quantitative estimate of drug-likeness (QED) is 0.0379. The molecule has 2 saturated carbocycles. The van der Waals surface area contributed by atoms with E-state index in [4.69, 9.17) is 23.7 Å². The molecule has 17 rings (SSSR count). The predicted molar refractivity (Wildman–Crippen MR) is 463 cm³/mol. The molecule has 1 unspecified atom stereocenters. The number of aromatic nitrogens is 20. The van der Waals surface area contributed by atoms with Crippen LogP contribution in [0.1, 0.15) is 148 Å². The predicted octanol–water partition coefficient (Wildman–Crippen LogP) is 16.2. The Hall–Kier alpha value is -10.1. The van der Waals surface area contributed by atoms with E-state index in [0.717, 1.165) is 125 Å². The van der Waals surface area contributed by atoms with E-state index in [-0.39, 0.29) is 236 Å². The molecule has 5 aromatic heterocycles. The standard InChI is InChI=1S/C19H14F5N4O2.C19H16F3N4O2.2C19H18F3N4O2.C17H14F3N4O2.5Y/c1-27-17(29)28(26-25-27)15-7-4-5-11(14-9-18(14,20)21)12(15)10-30-16-8-3-2-6-13(16)19(22,23)24;1-25-18(27)26(24-23-25)16-7-4-5-13(12-9-10-12)14(16)11-28-17-8-3-2-6-15(17)19(20,21)22;1-12(2)13-7-6-9-16(26-18(27)25(3)23-24-26)14(13)11-28-17-10-5-4-8-15(17)19(20,21)22;1-3-7-13-8-6-10-16(26-18(27)25(2)23-24-26)14(13)12-28-17-11-5-4-9-15(17)19(20,21)22;1-11-6-5-8-14(24-16(25)23(2)21-22-24)12(11)10-26-15-9-4-3-7-13(15)17(18,19)20;;;;;/h3-8,14H,9-10H2,1H3;3-8,12H,9-11H2,1H3;5-10,12H,11H2,1-3H3;5-6,8-11H,3,7,12H2,1-2H3;4-9H,10H2,1-2H3;;;;;/q5*-1;;;;;. The number of halogens is 17. The Labute approximate surface area is 939 Å². The maximum atomic E-state index is 13.8. The molecule has 145 heavy (non-hydrogen) atoms. The van der Waals surface area contributed by atoms with Gasteiger partial charge in [0.2, 0.25) is 0 Å². The Morgan fingerprint density at radius 3 is 0.890 bits per heavy atom. The Balaban J connectivity index is 0.000000220. The molecule has 5 heterocycles. The topological polar surface area (TPSA) is 310 Å². The number of aryl methyl sites for hydroxylation is 7. The second kappa shape index (κ2) is 51.2. The SMILES string of the molecule is CC(C)c1cccc(-n2nnn(C)c2=O)c1COc1cc[c-]cc1C(F)(F)F.CCCc1cccc(-n2nnn(C)c2=O)c1COc1cc[c-]cc1C(F)(F)F.Cc1cccc(-n2nnn(C)c2=O)c1COc1cc[c-]cc1C(F)(F)F.Cn1nnn(-c2cccc(C3CC3(F)F)c2COc2cc[c-]cc2C(F)(F)F)c1=O.Cn1nnn(-c2cccc(C3CC3)c2COc2cc[c-]cc2C(F)(F)F)c1=O.[Y].[Y].[Y].[Y].[Y]. The van der Waals surface area contributed by atoms with Gasteiger partial charge in [-0.25, -0.2) is 32.8 Å². The summed E-state index contributed by atoms with van der Waals surface area (Å²) in [6, 6.07) is 54.2. The number of tetrazole rings is 5. The number of benzene rings is 10. The first kappa shape index (κ1) is 120. The number of hydrogen-bond acceptors (Lipinski definition) is 20. The first-order chi connectivity index (χ1) is 66.3. The van der Waals surface area contributed by atoms with E-state index < -0.39 is 118 Å². The third-order valence-corrected chi connectivity index (χ3v) is 21.8. The van der Waals surface area contributed by atoms with Gasteiger partial charge in [-0.15, -0.1) is 30.3 Å². The summed E-state index contributed by atoms with van der Waals surface area (Å²) in [6.07, 6.45) is -19.8. The smallest absolute Gasteiger partial charge is 0.373 e.